The molecule has 2 aromatic rings. The lowest BCUT2D eigenvalue weighted by atomic mass is 10.1. The Bertz CT molecular complexity index is 605. The monoisotopic (exact) mass is 328 g/mol. The second-order valence-electron chi connectivity index (χ2n) is 3.99. The van der Waals surface area contributed by atoms with Crippen LogP contribution in [0, 0.1) is 11.6 Å². The Morgan fingerprint density at radius 2 is 2.11 bits per heavy atom. The van der Waals surface area contributed by atoms with E-state index in [2.05, 4.69) is 20.9 Å². The maximum absolute atomic E-state index is 13.6. The molecule has 1 aromatic heterocycles. The highest BCUT2D eigenvalue weighted by atomic mass is 79.9. The van der Waals surface area contributed by atoms with Crippen LogP contribution >= 0.6 is 15.9 Å². The molecule has 1 heterocycles. The molecule has 1 aromatic carbocycles. The number of ether oxygens (including phenoxy) is 1. The van der Waals surface area contributed by atoms with Gasteiger partial charge >= 0.3 is 0 Å². The molecule has 1 atom stereocenters. The summed E-state index contributed by atoms with van der Waals surface area (Å²) >= 11 is 3.08. The minimum atomic E-state index is -1.07. The fraction of sp³-hybridized carbons (Fsp3) is 0.154. The van der Waals surface area contributed by atoms with Crippen molar-refractivity contribution in [1.82, 2.24) is 4.98 Å². The average molecular weight is 329 g/mol. The number of hydrogen-bond acceptors (Lipinski definition) is 3. The van der Waals surface area contributed by atoms with Crippen molar-refractivity contribution >= 4 is 15.9 Å². The Kier molecular flexibility index (Phi) is 4.11. The molecule has 100 valence electrons. The summed E-state index contributed by atoms with van der Waals surface area (Å²) < 4.78 is 32.6. The predicted molar refractivity (Wildman–Crippen MR) is 71.0 cm³/mol. The van der Waals surface area contributed by atoms with Crippen molar-refractivity contribution < 1.29 is 13.5 Å². The van der Waals surface area contributed by atoms with Crippen molar-refractivity contribution in [3.05, 3.63) is 52.1 Å². The van der Waals surface area contributed by atoms with E-state index in [9.17, 15) is 8.78 Å². The van der Waals surface area contributed by atoms with Crippen LogP contribution in [-0.4, -0.2) is 4.98 Å². The van der Waals surface area contributed by atoms with Gasteiger partial charge in [-0.3, -0.25) is 0 Å². The van der Waals surface area contributed by atoms with Crippen LogP contribution in [0.25, 0.3) is 0 Å². The lowest BCUT2D eigenvalue weighted by Gasteiger charge is -2.13. The van der Waals surface area contributed by atoms with E-state index in [0.29, 0.717) is 10.0 Å². The summed E-state index contributed by atoms with van der Waals surface area (Å²) in [6.45, 7) is 1.75. The van der Waals surface area contributed by atoms with Crippen molar-refractivity contribution in [2.75, 3.05) is 0 Å². The molecule has 2 rings (SSSR count). The third kappa shape index (κ3) is 3.08. The molecule has 0 radical (unpaired) electrons. The molecule has 3 nitrogen and oxygen atoms in total. The quantitative estimate of drug-likeness (QED) is 0.868. The van der Waals surface area contributed by atoms with Crippen molar-refractivity contribution in [1.29, 1.82) is 0 Å². The number of aromatic nitrogens is 1. The van der Waals surface area contributed by atoms with Crippen molar-refractivity contribution in [2.24, 2.45) is 5.73 Å². The Morgan fingerprint density at radius 3 is 2.79 bits per heavy atom. The largest absolute Gasteiger partial charge is 0.435 e. The average Bonchev–Trinajstić information content (AvgIpc) is 2.35. The Labute approximate surface area is 117 Å². The Balaban J connectivity index is 2.42. The fourth-order valence-electron chi connectivity index (χ4n) is 1.55. The molecule has 1 unspecified atom stereocenters. The van der Waals surface area contributed by atoms with E-state index >= 15 is 0 Å². The van der Waals surface area contributed by atoms with Crippen LogP contribution in [-0.2, 0) is 0 Å². The highest BCUT2D eigenvalue weighted by Gasteiger charge is 2.15. The van der Waals surface area contributed by atoms with Gasteiger partial charge in [-0.05, 0) is 25.1 Å². The molecule has 0 saturated carbocycles. The minimum absolute atomic E-state index is 0.161. The summed E-state index contributed by atoms with van der Waals surface area (Å²) in [5.41, 5.74) is 6.38. The molecule has 0 amide bonds. The minimum Gasteiger partial charge on any atom is -0.435 e. The smallest absolute Gasteiger partial charge is 0.224 e. The molecule has 6 heteroatoms. The van der Waals surface area contributed by atoms with Crippen LogP contribution in [0.2, 0.25) is 0 Å². The summed E-state index contributed by atoms with van der Waals surface area (Å²) in [5, 5.41) is 0. The van der Waals surface area contributed by atoms with Gasteiger partial charge in [0.25, 0.3) is 0 Å². The maximum Gasteiger partial charge on any atom is 0.224 e. The molecule has 0 fully saturated rings. The van der Waals surface area contributed by atoms with Gasteiger partial charge in [0.1, 0.15) is 0 Å². The first kappa shape index (κ1) is 13.9. The van der Waals surface area contributed by atoms with E-state index in [0.717, 1.165) is 6.07 Å². The molecule has 0 aliphatic carbocycles. The van der Waals surface area contributed by atoms with E-state index in [1.54, 1.807) is 19.1 Å². The van der Waals surface area contributed by atoms with E-state index in [1.165, 1.54) is 12.3 Å². The second-order valence-corrected chi connectivity index (χ2v) is 4.90. The number of nitrogens with zero attached hydrogens (tertiary/aromatic N) is 1. The first-order chi connectivity index (χ1) is 8.99. The topological polar surface area (TPSA) is 48.1 Å². The van der Waals surface area contributed by atoms with Crippen LogP contribution in [0.5, 0.6) is 11.6 Å². The van der Waals surface area contributed by atoms with Crippen molar-refractivity contribution in [3.63, 3.8) is 0 Å². The molecule has 2 N–H and O–H groups in total. The van der Waals surface area contributed by atoms with Crippen LogP contribution in [0.1, 0.15) is 18.5 Å². The summed E-state index contributed by atoms with van der Waals surface area (Å²) in [6, 6.07) is 5.44. The van der Waals surface area contributed by atoms with Gasteiger partial charge in [-0.25, -0.2) is 9.37 Å². The SMILES string of the molecule is CC(N)c1cccnc1Oc1cc(Br)cc(F)c1F. The molecular formula is C13H11BrF2N2O. The zero-order chi connectivity index (χ0) is 14.0. The molecule has 19 heavy (non-hydrogen) atoms. The normalized spacial score (nSPS) is 12.3. The lowest BCUT2D eigenvalue weighted by Crippen LogP contribution is -2.08. The molecule has 0 aliphatic heterocycles. The number of halogens is 3. The molecular weight excluding hydrogens is 318 g/mol. The molecule has 0 spiro atoms. The summed E-state index contributed by atoms with van der Waals surface area (Å²) in [6.07, 6.45) is 1.49. The number of nitrogens with two attached hydrogens (primary N) is 1. The van der Waals surface area contributed by atoms with E-state index in [-0.39, 0.29) is 17.7 Å². The number of benzene rings is 1. The second kappa shape index (κ2) is 5.63. The van der Waals surface area contributed by atoms with Gasteiger partial charge in [0.15, 0.2) is 11.6 Å². The van der Waals surface area contributed by atoms with Gasteiger partial charge in [0, 0.05) is 22.3 Å². The molecule has 0 aliphatic rings. The van der Waals surface area contributed by atoms with E-state index in [4.69, 9.17) is 10.5 Å². The van der Waals surface area contributed by atoms with Gasteiger partial charge < -0.3 is 10.5 Å². The zero-order valence-electron chi connectivity index (χ0n) is 10.0. The number of pyridine rings is 1. The first-order valence-corrected chi connectivity index (χ1v) is 6.31. The van der Waals surface area contributed by atoms with Gasteiger partial charge in [-0.1, -0.05) is 22.0 Å². The van der Waals surface area contributed by atoms with Crippen LogP contribution < -0.4 is 10.5 Å². The van der Waals surface area contributed by atoms with Crippen LogP contribution in [0.3, 0.4) is 0 Å². The van der Waals surface area contributed by atoms with Gasteiger partial charge in [0.05, 0.1) is 0 Å². The van der Waals surface area contributed by atoms with Crippen LogP contribution in [0.15, 0.2) is 34.9 Å². The Hall–Kier alpha value is -1.53. The van der Waals surface area contributed by atoms with Gasteiger partial charge in [-0.2, -0.15) is 4.39 Å². The van der Waals surface area contributed by atoms with Gasteiger partial charge in [-0.15, -0.1) is 0 Å². The number of rotatable bonds is 3. The molecule has 0 bridgehead atoms. The Morgan fingerprint density at radius 1 is 1.37 bits per heavy atom. The number of hydrogen-bond donors (Lipinski definition) is 1. The van der Waals surface area contributed by atoms with Crippen molar-refractivity contribution in [3.8, 4) is 11.6 Å². The molecule has 0 saturated heterocycles. The van der Waals surface area contributed by atoms with Crippen LogP contribution in [0.4, 0.5) is 8.78 Å². The third-order valence-electron chi connectivity index (χ3n) is 2.46. The summed E-state index contributed by atoms with van der Waals surface area (Å²) in [5.74, 6) is -2.14. The summed E-state index contributed by atoms with van der Waals surface area (Å²) in [7, 11) is 0. The third-order valence-corrected chi connectivity index (χ3v) is 2.92. The lowest BCUT2D eigenvalue weighted by molar-refractivity contribution is 0.399. The fourth-order valence-corrected chi connectivity index (χ4v) is 1.95. The zero-order valence-corrected chi connectivity index (χ0v) is 11.6. The van der Waals surface area contributed by atoms with E-state index in [1.807, 2.05) is 0 Å². The first-order valence-electron chi connectivity index (χ1n) is 5.52. The van der Waals surface area contributed by atoms with Crippen molar-refractivity contribution in [2.45, 2.75) is 13.0 Å². The highest BCUT2D eigenvalue weighted by Crippen LogP contribution is 2.31. The predicted octanol–water partition coefficient (Wildman–Crippen LogP) is 3.93. The van der Waals surface area contributed by atoms with E-state index < -0.39 is 11.6 Å². The van der Waals surface area contributed by atoms with Gasteiger partial charge in [0.2, 0.25) is 11.7 Å². The summed E-state index contributed by atoms with van der Waals surface area (Å²) in [4.78, 5) is 3.99. The maximum atomic E-state index is 13.6. The standard InChI is InChI=1S/C13H11BrF2N2O/c1-7(17)9-3-2-4-18-13(9)19-11-6-8(14)5-10(15)12(11)16/h2-7H,17H2,1H3. The highest BCUT2D eigenvalue weighted by molar-refractivity contribution is 9.10.